The summed E-state index contributed by atoms with van der Waals surface area (Å²) < 4.78 is 64.3. The maximum atomic E-state index is 12.6. The summed E-state index contributed by atoms with van der Waals surface area (Å²) in [6.45, 7) is -1.44. The molecule has 4 rings (SSSR count). The molecule has 0 unspecified atom stereocenters. The van der Waals surface area contributed by atoms with Gasteiger partial charge in [-0.1, -0.05) is 18.2 Å². The molecule has 168 valence electrons. The number of rotatable bonds is 7. The maximum absolute atomic E-state index is 12.6. The first-order valence-electron chi connectivity index (χ1n) is 10.2. The van der Waals surface area contributed by atoms with Crippen LogP contribution in [0.5, 0.6) is 0 Å². The highest BCUT2D eigenvalue weighted by atomic mass is 32.2. The lowest BCUT2D eigenvalue weighted by atomic mass is 9.94. The van der Waals surface area contributed by atoms with E-state index in [1.165, 1.54) is 0 Å². The fourth-order valence-electron chi connectivity index (χ4n) is 4.02. The summed E-state index contributed by atoms with van der Waals surface area (Å²) in [5.41, 5.74) is 4.44. The fourth-order valence-corrected chi connectivity index (χ4v) is 5.30. The van der Waals surface area contributed by atoms with E-state index in [1.807, 2.05) is 18.2 Å². The second-order valence-electron chi connectivity index (χ2n) is 8.26. The van der Waals surface area contributed by atoms with E-state index in [1.54, 1.807) is 6.08 Å². The van der Waals surface area contributed by atoms with Gasteiger partial charge in [0.1, 0.15) is 12.3 Å². The number of carbonyl (C=O) groups excluding carboxylic acids is 1. The molecule has 0 bridgehead atoms. The minimum Gasteiger partial charge on any atom is -0.299 e. The number of fused-ring (bicyclic) bond motifs is 1. The van der Waals surface area contributed by atoms with Gasteiger partial charge in [0.05, 0.1) is 5.69 Å². The smallest absolute Gasteiger partial charge is 0.299 e. The SMILES string of the molecule is CN(CC(F)(F)F)S(=O)(=O)N1CC=C(c2cc(CC(=O)C3CC3)nc3c2C=CC3)CC1. The molecule has 6 nitrogen and oxygen atoms in total. The fraction of sp³-hybridized carbons (Fsp3) is 0.524. The van der Waals surface area contributed by atoms with Crippen molar-refractivity contribution in [3.8, 4) is 0 Å². The third-order valence-corrected chi connectivity index (χ3v) is 7.72. The summed E-state index contributed by atoms with van der Waals surface area (Å²) in [6, 6.07) is 1.90. The Balaban J connectivity index is 1.54. The van der Waals surface area contributed by atoms with Crippen LogP contribution in [0.4, 0.5) is 13.2 Å². The summed E-state index contributed by atoms with van der Waals surface area (Å²) in [4.78, 5) is 16.9. The van der Waals surface area contributed by atoms with Crippen LogP contribution >= 0.6 is 0 Å². The molecule has 0 amide bonds. The van der Waals surface area contributed by atoms with E-state index in [2.05, 4.69) is 4.98 Å². The third kappa shape index (κ3) is 4.91. The molecule has 1 fully saturated rings. The van der Waals surface area contributed by atoms with Crippen LogP contribution in [0.25, 0.3) is 11.6 Å². The first-order valence-corrected chi connectivity index (χ1v) is 11.6. The summed E-state index contributed by atoms with van der Waals surface area (Å²) in [6.07, 6.45) is 4.36. The maximum Gasteiger partial charge on any atom is 0.402 e. The number of aromatic nitrogens is 1. The summed E-state index contributed by atoms with van der Waals surface area (Å²) in [5.74, 6) is 0.352. The summed E-state index contributed by atoms with van der Waals surface area (Å²) in [7, 11) is -3.27. The average molecular weight is 456 g/mol. The number of ketones is 1. The van der Waals surface area contributed by atoms with Crippen LogP contribution in [0, 0.1) is 5.92 Å². The van der Waals surface area contributed by atoms with Gasteiger partial charge >= 0.3 is 6.18 Å². The Morgan fingerprint density at radius 2 is 2.06 bits per heavy atom. The van der Waals surface area contributed by atoms with Crippen LogP contribution in [0.2, 0.25) is 0 Å². The lowest BCUT2D eigenvalue weighted by Gasteiger charge is -2.30. The minimum absolute atomic E-state index is 0.00296. The molecule has 0 spiro atoms. The summed E-state index contributed by atoms with van der Waals surface area (Å²) in [5, 5.41) is 0. The van der Waals surface area contributed by atoms with Gasteiger partial charge in [-0.25, -0.2) is 0 Å². The number of hydrogen-bond acceptors (Lipinski definition) is 4. The van der Waals surface area contributed by atoms with Crippen molar-refractivity contribution in [1.82, 2.24) is 13.6 Å². The Hall–Kier alpha value is -2.04. The highest BCUT2D eigenvalue weighted by Gasteiger charge is 2.37. The standard InChI is InChI=1S/C21H24F3N3O3S/c1-26(13-21(22,23)24)31(29,30)27-9-7-14(8-10-27)18-11-16(12-20(28)15-5-6-15)25-19-4-2-3-17(18)19/h2-3,7,11,15H,4-6,8-10,12-13H2,1H3. The van der Waals surface area contributed by atoms with E-state index in [4.69, 9.17) is 0 Å². The van der Waals surface area contributed by atoms with E-state index >= 15 is 0 Å². The second kappa shape index (κ2) is 8.14. The molecule has 0 radical (unpaired) electrons. The average Bonchev–Trinajstić information content (AvgIpc) is 3.44. The van der Waals surface area contributed by atoms with Gasteiger partial charge in [-0.05, 0) is 36.5 Å². The zero-order chi connectivity index (χ0) is 22.4. The van der Waals surface area contributed by atoms with Crippen molar-refractivity contribution in [2.45, 2.75) is 38.3 Å². The van der Waals surface area contributed by atoms with Gasteiger partial charge in [0, 0.05) is 50.2 Å². The molecule has 0 N–H and O–H groups in total. The molecule has 1 aromatic rings. The number of halogens is 3. The molecule has 0 aromatic carbocycles. The first kappa shape index (κ1) is 22.2. The number of alkyl halides is 3. The van der Waals surface area contributed by atoms with Gasteiger partial charge in [-0.15, -0.1) is 0 Å². The van der Waals surface area contributed by atoms with Crippen LogP contribution in [-0.2, 0) is 27.8 Å². The number of Topliss-reactive ketones (excluding diaryl/α,β-unsaturated/α-hetero) is 1. The number of pyridine rings is 1. The van der Waals surface area contributed by atoms with E-state index in [-0.39, 0.29) is 24.8 Å². The van der Waals surface area contributed by atoms with Gasteiger partial charge in [0.2, 0.25) is 0 Å². The predicted octanol–water partition coefficient (Wildman–Crippen LogP) is 3.00. The Morgan fingerprint density at radius 3 is 2.68 bits per heavy atom. The molecule has 3 aliphatic rings. The molecule has 1 aromatic heterocycles. The zero-order valence-electron chi connectivity index (χ0n) is 17.2. The molecule has 0 saturated heterocycles. The molecule has 2 heterocycles. The second-order valence-corrected chi connectivity index (χ2v) is 10.3. The van der Waals surface area contributed by atoms with Crippen LogP contribution in [0.15, 0.2) is 18.2 Å². The van der Waals surface area contributed by atoms with Crippen molar-refractivity contribution in [3.63, 3.8) is 0 Å². The molecule has 1 saturated carbocycles. The highest BCUT2D eigenvalue weighted by molar-refractivity contribution is 7.86. The van der Waals surface area contributed by atoms with Crippen molar-refractivity contribution in [2.24, 2.45) is 5.92 Å². The highest BCUT2D eigenvalue weighted by Crippen LogP contribution is 2.34. The van der Waals surface area contributed by atoms with Crippen LogP contribution in [-0.4, -0.2) is 60.7 Å². The van der Waals surface area contributed by atoms with Crippen molar-refractivity contribution in [1.29, 1.82) is 0 Å². The van der Waals surface area contributed by atoms with Gasteiger partial charge in [0.15, 0.2) is 0 Å². The Labute approximate surface area is 179 Å². The largest absolute Gasteiger partial charge is 0.402 e. The molecule has 1 aliphatic heterocycles. The van der Waals surface area contributed by atoms with Crippen LogP contribution in [0.3, 0.4) is 0 Å². The van der Waals surface area contributed by atoms with Gasteiger partial charge < -0.3 is 0 Å². The Morgan fingerprint density at radius 1 is 1.32 bits per heavy atom. The quantitative estimate of drug-likeness (QED) is 0.634. The Kier molecular flexibility index (Phi) is 5.82. The van der Waals surface area contributed by atoms with E-state index < -0.39 is 22.9 Å². The van der Waals surface area contributed by atoms with Gasteiger partial charge in [-0.2, -0.15) is 30.2 Å². The third-order valence-electron chi connectivity index (χ3n) is 5.81. The molecule has 31 heavy (non-hydrogen) atoms. The first-order chi connectivity index (χ1) is 14.5. The van der Waals surface area contributed by atoms with Crippen LogP contribution in [0.1, 0.15) is 41.8 Å². The van der Waals surface area contributed by atoms with Gasteiger partial charge in [0.25, 0.3) is 10.2 Å². The van der Waals surface area contributed by atoms with Crippen molar-refractivity contribution >= 4 is 27.6 Å². The predicted molar refractivity (Wildman–Crippen MR) is 110 cm³/mol. The van der Waals surface area contributed by atoms with E-state index in [0.29, 0.717) is 23.6 Å². The lowest BCUT2D eigenvalue weighted by Crippen LogP contribution is -2.46. The van der Waals surface area contributed by atoms with E-state index in [9.17, 15) is 26.4 Å². The summed E-state index contributed by atoms with van der Waals surface area (Å²) >= 11 is 0. The Bertz CT molecular complexity index is 1060. The topological polar surface area (TPSA) is 70.6 Å². The number of hydrogen-bond donors (Lipinski definition) is 0. The molecular formula is C21H24F3N3O3S. The monoisotopic (exact) mass is 455 g/mol. The number of allylic oxidation sites excluding steroid dienone is 1. The molecule has 10 heteroatoms. The van der Waals surface area contributed by atoms with Crippen LogP contribution < -0.4 is 0 Å². The van der Waals surface area contributed by atoms with Gasteiger partial charge in [-0.3, -0.25) is 9.78 Å². The molecular weight excluding hydrogens is 431 g/mol. The van der Waals surface area contributed by atoms with Crippen molar-refractivity contribution in [2.75, 3.05) is 26.7 Å². The van der Waals surface area contributed by atoms with Crippen molar-refractivity contribution in [3.05, 3.63) is 40.7 Å². The normalized spacial score (nSPS) is 19.6. The number of nitrogens with zero attached hydrogens (tertiary/aromatic N) is 3. The lowest BCUT2D eigenvalue weighted by molar-refractivity contribution is -0.134. The number of carbonyl (C=O) groups is 1. The molecule has 2 aliphatic carbocycles. The van der Waals surface area contributed by atoms with E-state index in [0.717, 1.165) is 52.3 Å². The zero-order valence-corrected chi connectivity index (χ0v) is 18.0. The van der Waals surface area contributed by atoms with Crippen molar-refractivity contribution < 1.29 is 26.4 Å². The molecule has 0 atom stereocenters. The minimum atomic E-state index is -4.60.